The Kier molecular flexibility index (Phi) is 7.99. The number of β-amino-alcohol motifs (C(OH)–C–C–N with tert-alkyl or cyclic N) is 1. The van der Waals surface area contributed by atoms with Gasteiger partial charge in [0.05, 0.1) is 19.3 Å². The van der Waals surface area contributed by atoms with Crippen LogP contribution >= 0.6 is 11.3 Å². The van der Waals surface area contributed by atoms with Gasteiger partial charge in [0.25, 0.3) is 0 Å². The molecule has 0 amide bonds. The maximum atomic E-state index is 9.44. The first-order valence-electron chi connectivity index (χ1n) is 8.36. The van der Waals surface area contributed by atoms with Crippen molar-refractivity contribution in [3.63, 3.8) is 0 Å². The first kappa shape index (κ1) is 20.3. The van der Waals surface area contributed by atoms with E-state index >= 15 is 0 Å². The number of aliphatic carboxylic acids is 2. The van der Waals surface area contributed by atoms with Crippen LogP contribution in [0.3, 0.4) is 0 Å². The molecule has 1 unspecified atom stereocenters. The van der Waals surface area contributed by atoms with E-state index in [0.29, 0.717) is 0 Å². The average Bonchev–Trinajstić information content (AvgIpc) is 3.23. The van der Waals surface area contributed by atoms with Gasteiger partial charge in [-0.15, -0.1) is 11.3 Å². The molecule has 0 radical (unpaired) electrons. The topological polar surface area (TPSA) is 107 Å². The fourth-order valence-electron chi connectivity index (χ4n) is 2.67. The van der Waals surface area contributed by atoms with E-state index in [4.69, 9.17) is 24.5 Å². The normalized spacial score (nSPS) is 17.0. The minimum atomic E-state index is -1.82. The zero-order valence-electron chi connectivity index (χ0n) is 14.3. The van der Waals surface area contributed by atoms with E-state index in [0.717, 1.165) is 45.7 Å². The Balaban J connectivity index is 0.000000352. The van der Waals surface area contributed by atoms with E-state index in [1.165, 1.54) is 15.6 Å². The summed E-state index contributed by atoms with van der Waals surface area (Å²) in [5.74, 6) is -3.65. The molecule has 7 nitrogen and oxygen atoms in total. The standard InChI is InChI=1S/C16H21NO2S.C2H2O4/c18-15-3-6-17(12-15)7-9-19-8-4-13-1-2-16-14(11-13)5-10-20-16;3-1(4)2(5)6/h1-2,5,10-11,15,18H,3-4,6-9,12H2;(H,3,4)(H,5,6). The smallest absolute Gasteiger partial charge is 0.414 e. The van der Waals surface area contributed by atoms with Crippen LogP contribution in [-0.4, -0.2) is 71.1 Å². The molecule has 1 aromatic carbocycles. The number of hydrogen-bond donors (Lipinski definition) is 3. The molecule has 8 heteroatoms. The van der Waals surface area contributed by atoms with Gasteiger partial charge in [-0.25, -0.2) is 9.59 Å². The predicted molar refractivity (Wildman–Crippen MR) is 98.7 cm³/mol. The summed E-state index contributed by atoms with van der Waals surface area (Å²) in [5, 5.41) is 27.7. The molecular formula is C18H23NO6S. The highest BCUT2D eigenvalue weighted by molar-refractivity contribution is 7.17. The van der Waals surface area contributed by atoms with Crippen LogP contribution in [0, 0.1) is 0 Å². The molecular weight excluding hydrogens is 358 g/mol. The van der Waals surface area contributed by atoms with Gasteiger partial charge < -0.3 is 20.1 Å². The van der Waals surface area contributed by atoms with Crippen LogP contribution in [0.25, 0.3) is 10.1 Å². The molecule has 1 atom stereocenters. The highest BCUT2D eigenvalue weighted by atomic mass is 32.1. The van der Waals surface area contributed by atoms with Crippen molar-refractivity contribution in [3.8, 4) is 0 Å². The van der Waals surface area contributed by atoms with Crippen LogP contribution in [-0.2, 0) is 20.7 Å². The van der Waals surface area contributed by atoms with Crippen molar-refractivity contribution in [3.05, 3.63) is 35.2 Å². The molecule has 0 saturated carbocycles. The van der Waals surface area contributed by atoms with Crippen molar-refractivity contribution in [1.29, 1.82) is 0 Å². The number of benzene rings is 1. The third kappa shape index (κ3) is 6.72. The Morgan fingerprint density at radius 1 is 1.19 bits per heavy atom. The lowest BCUT2D eigenvalue weighted by molar-refractivity contribution is -0.159. The molecule has 1 aliphatic rings. The van der Waals surface area contributed by atoms with Crippen molar-refractivity contribution in [2.45, 2.75) is 18.9 Å². The molecule has 1 aromatic heterocycles. The van der Waals surface area contributed by atoms with Crippen molar-refractivity contribution >= 4 is 33.4 Å². The summed E-state index contributed by atoms with van der Waals surface area (Å²) >= 11 is 1.79. The molecule has 2 aromatic rings. The van der Waals surface area contributed by atoms with Crippen LogP contribution in [0.15, 0.2) is 29.6 Å². The van der Waals surface area contributed by atoms with Crippen LogP contribution in [0.5, 0.6) is 0 Å². The molecule has 1 aliphatic heterocycles. The van der Waals surface area contributed by atoms with E-state index in [2.05, 4.69) is 34.5 Å². The minimum Gasteiger partial charge on any atom is -0.473 e. The molecule has 0 spiro atoms. The monoisotopic (exact) mass is 381 g/mol. The number of aliphatic hydroxyl groups excluding tert-OH is 1. The molecule has 3 rings (SSSR count). The first-order valence-corrected chi connectivity index (χ1v) is 9.24. The van der Waals surface area contributed by atoms with Gasteiger partial charge in [0, 0.05) is 24.3 Å². The number of carboxylic acids is 2. The maximum Gasteiger partial charge on any atom is 0.414 e. The molecule has 2 heterocycles. The SMILES string of the molecule is O=C(O)C(=O)O.OC1CCN(CCOCCc2ccc3sccc3c2)C1. The fourth-order valence-corrected chi connectivity index (χ4v) is 3.44. The second-order valence-electron chi connectivity index (χ2n) is 6.01. The van der Waals surface area contributed by atoms with Gasteiger partial charge in [-0.3, -0.25) is 4.90 Å². The third-order valence-electron chi connectivity index (χ3n) is 4.03. The first-order chi connectivity index (χ1) is 12.5. The number of hydrogen-bond acceptors (Lipinski definition) is 6. The van der Waals surface area contributed by atoms with Gasteiger partial charge in [-0.1, -0.05) is 12.1 Å². The van der Waals surface area contributed by atoms with E-state index in [1.54, 1.807) is 11.3 Å². The zero-order valence-corrected chi connectivity index (χ0v) is 15.2. The molecule has 1 saturated heterocycles. The van der Waals surface area contributed by atoms with Crippen molar-refractivity contribution in [2.24, 2.45) is 0 Å². The van der Waals surface area contributed by atoms with E-state index in [-0.39, 0.29) is 6.10 Å². The Bertz CT molecular complexity index is 719. The fraction of sp³-hybridized carbons (Fsp3) is 0.444. The summed E-state index contributed by atoms with van der Waals surface area (Å²) in [6.45, 7) is 4.26. The van der Waals surface area contributed by atoms with Gasteiger partial charge >= 0.3 is 11.9 Å². The number of carboxylic acid groups (broad SMARTS) is 2. The summed E-state index contributed by atoms with van der Waals surface area (Å²) in [7, 11) is 0. The molecule has 3 N–H and O–H groups in total. The second kappa shape index (κ2) is 10.2. The Morgan fingerprint density at radius 3 is 2.62 bits per heavy atom. The molecule has 26 heavy (non-hydrogen) atoms. The summed E-state index contributed by atoms with van der Waals surface area (Å²) in [6, 6.07) is 8.81. The Morgan fingerprint density at radius 2 is 1.96 bits per heavy atom. The van der Waals surface area contributed by atoms with E-state index < -0.39 is 11.9 Å². The van der Waals surface area contributed by atoms with E-state index in [9.17, 15) is 5.11 Å². The van der Waals surface area contributed by atoms with Crippen LogP contribution in [0.4, 0.5) is 0 Å². The lowest BCUT2D eigenvalue weighted by Gasteiger charge is -2.14. The number of aliphatic hydroxyl groups is 1. The van der Waals surface area contributed by atoms with Crippen molar-refractivity contribution in [1.82, 2.24) is 4.90 Å². The van der Waals surface area contributed by atoms with Gasteiger partial charge in [-0.05, 0) is 41.3 Å². The molecule has 0 aliphatic carbocycles. The quantitative estimate of drug-likeness (QED) is 0.516. The lowest BCUT2D eigenvalue weighted by atomic mass is 10.1. The highest BCUT2D eigenvalue weighted by Crippen LogP contribution is 2.21. The lowest BCUT2D eigenvalue weighted by Crippen LogP contribution is -2.26. The summed E-state index contributed by atoms with van der Waals surface area (Å²) in [4.78, 5) is 20.5. The number of carbonyl (C=O) groups is 2. The second-order valence-corrected chi connectivity index (χ2v) is 6.96. The highest BCUT2D eigenvalue weighted by Gasteiger charge is 2.19. The molecule has 1 fully saturated rings. The van der Waals surface area contributed by atoms with Gasteiger partial charge in [-0.2, -0.15) is 0 Å². The van der Waals surface area contributed by atoms with E-state index in [1.807, 2.05) is 0 Å². The van der Waals surface area contributed by atoms with Crippen molar-refractivity contribution < 1.29 is 29.6 Å². The van der Waals surface area contributed by atoms with Crippen LogP contribution < -0.4 is 0 Å². The summed E-state index contributed by atoms with van der Waals surface area (Å²) in [6.07, 6.45) is 1.74. The van der Waals surface area contributed by atoms with Crippen LogP contribution in [0.1, 0.15) is 12.0 Å². The van der Waals surface area contributed by atoms with Gasteiger partial charge in [0.2, 0.25) is 0 Å². The van der Waals surface area contributed by atoms with Crippen LogP contribution in [0.2, 0.25) is 0 Å². The third-order valence-corrected chi connectivity index (χ3v) is 4.93. The number of fused-ring (bicyclic) bond motifs is 1. The largest absolute Gasteiger partial charge is 0.473 e. The summed E-state index contributed by atoms with van der Waals surface area (Å²) in [5.41, 5.74) is 1.34. The average molecular weight is 381 g/mol. The Hall–Kier alpha value is -2.00. The number of thiophene rings is 1. The number of ether oxygens (including phenoxy) is 1. The summed E-state index contributed by atoms with van der Waals surface area (Å²) < 4.78 is 7.06. The Labute approximate surface area is 155 Å². The molecule has 142 valence electrons. The van der Waals surface area contributed by atoms with Crippen molar-refractivity contribution in [2.75, 3.05) is 32.8 Å². The minimum absolute atomic E-state index is 0.132. The van der Waals surface area contributed by atoms with Gasteiger partial charge in [0.1, 0.15) is 0 Å². The number of rotatable bonds is 6. The zero-order chi connectivity index (χ0) is 18.9. The number of likely N-dealkylation sites (tertiary alicyclic amines) is 1. The number of nitrogens with zero attached hydrogens (tertiary/aromatic N) is 1. The predicted octanol–water partition coefficient (Wildman–Crippen LogP) is 1.68. The van der Waals surface area contributed by atoms with Gasteiger partial charge in [0.15, 0.2) is 0 Å². The maximum absolute atomic E-state index is 9.44. The molecule has 0 bridgehead atoms.